The second-order valence-electron chi connectivity index (χ2n) is 9.53. The number of nitrogens with one attached hydrogen (secondary N) is 1. The predicted molar refractivity (Wildman–Crippen MR) is 141 cm³/mol. The number of benzene rings is 1. The van der Waals surface area contributed by atoms with E-state index in [4.69, 9.17) is 5.73 Å². The zero-order valence-corrected chi connectivity index (χ0v) is 21.8. The number of aliphatic imine (C=N–C) groups is 1. The molecule has 0 radical (unpaired) electrons. The van der Waals surface area contributed by atoms with E-state index in [1.807, 2.05) is 20.8 Å². The van der Waals surface area contributed by atoms with Gasteiger partial charge in [-0.25, -0.2) is 19.8 Å². The van der Waals surface area contributed by atoms with E-state index in [9.17, 15) is 27.9 Å². The van der Waals surface area contributed by atoms with Crippen molar-refractivity contribution in [1.29, 1.82) is 0 Å². The minimum Gasteiger partial charge on any atom is -0.475 e. The number of rotatable bonds is 11. The molecule has 12 heteroatoms. The molecule has 38 heavy (non-hydrogen) atoms. The molecule has 1 saturated carbocycles. The number of nitrogens with two attached hydrogens (primary N) is 1. The SMILES string of the molecule is C=Nc1nc(C(=O)O)nc(N[C@H](C)C2CCC2)c1N(CN)Cc1ccc(C(F)(F)F)cc1.CC(C)CC=O. The van der Waals surface area contributed by atoms with Crippen LogP contribution in [-0.4, -0.2) is 46.8 Å². The fourth-order valence-corrected chi connectivity index (χ4v) is 3.76. The number of halogens is 3. The molecule has 4 N–H and O–H groups in total. The lowest BCUT2D eigenvalue weighted by atomic mass is 9.80. The molecule has 0 saturated heterocycles. The molecule has 0 spiro atoms. The van der Waals surface area contributed by atoms with E-state index in [-0.39, 0.29) is 30.9 Å². The summed E-state index contributed by atoms with van der Waals surface area (Å²) in [6, 6.07) is 4.74. The minimum atomic E-state index is -4.43. The van der Waals surface area contributed by atoms with Gasteiger partial charge in [-0.2, -0.15) is 13.2 Å². The van der Waals surface area contributed by atoms with E-state index in [0.717, 1.165) is 37.7 Å². The molecule has 2 aromatic rings. The third-order valence-corrected chi connectivity index (χ3v) is 6.19. The predicted octanol–water partition coefficient (Wildman–Crippen LogP) is 5.28. The second-order valence-corrected chi connectivity index (χ2v) is 9.53. The lowest BCUT2D eigenvalue weighted by Crippen LogP contribution is -2.34. The summed E-state index contributed by atoms with van der Waals surface area (Å²) in [4.78, 5) is 34.8. The molecule has 1 aliphatic rings. The Balaban J connectivity index is 0.000000757. The maximum Gasteiger partial charge on any atom is 0.416 e. The fourth-order valence-electron chi connectivity index (χ4n) is 3.76. The first-order valence-corrected chi connectivity index (χ1v) is 12.3. The van der Waals surface area contributed by atoms with Crippen molar-refractivity contribution in [1.82, 2.24) is 9.97 Å². The lowest BCUT2D eigenvalue weighted by molar-refractivity contribution is -0.137. The van der Waals surface area contributed by atoms with Gasteiger partial charge in [0.05, 0.1) is 12.2 Å². The van der Waals surface area contributed by atoms with E-state index >= 15 is 0 Å². The standard InChI is InChI=1S/C21H25F3N6O2.C5H10O/c1-12(14-4-3-5-14)27-18-16(17(26-2)28-19(29-18)20(31)32)30(11-25)10-13-6-8-15(9-7-13)21(22,23)24;1-5(2)3-4-6/h6-9,12,14H,2-5,10-11,25H2,1H3,(H,31,32)(H,27,28,29);4-5H,3H2,1-2H3/t12-;/m1./s1. The lowest BCUT2D eigenvalue weighted by Gasteiger charge is -2.34. The van der Waals surface area contributed by atoms with Crippen molar-refractivity contribution in [3.05, 3.63) is 41.2 Å². The van der Waals surface area contributed by atoms with Crippen LogP contribution >= 0.6 is 0 Å². The summed E-state index contributed by atoms with van der Waals surface area (Å²) < 4.78 is 38.6. The molecule has 1 fully saturated rings. The first kappa shape index (κ1) is 30.7. The number of aldehydes is 1. The molecule has 1 heterocycles. The average Bonchev–Trinajstić information content (AvgIpc) is 2.81. The van der Waals surface area contributed by atoms with Crippen LogP contribution in [0.25, 0.3) is 0 Å². The molecule has 208 valence electrons. The van der Waals surface area contributed by atoms with Crippen molar-refractivity contribution in [2.45, 2.75) is 65.2 Å². The van der Waals surface area contributed by atoms with Gasteiger partial charge in [-0.3, -0.25) is 0 Å². The van der Waals surface area contributed by atoms with Gasteiger partial charge < -0.3 is 25.9 Å². The largest absolute Gasteiger partial charge is 0.475 e. The van der Waals surface area contributed by atoms with Crippen molar-refractivity contribution in [3.63, 3.8) is 0 Å². The molecule has 0 aliphatic heterocycles. The van der Waals surface area contributed by atoms with Crippen molar-refractivity contribution >= 4 is 36.3 Å². The molecule has 0 unspecified atom stereocenters. The highest BCUT2D eigenvalue weighted by molar-refractivity contribution is 5.87. The van der Waals surface area contributed by atoms with Gasteiger partial charge in [0.15, 0.2) is 11.6 Å². The van der Waals surface area contributed by atoms with E-state index in [2.05, 4.69) is 27.0 Å². The maximum atomic E-state index is 12.9. The number of aromatic nitrogens is 2. The van der Waals surface area contributed by atoms with Crippen LogP contribution in [0, 0.1) is 11.8 Å². The number of carbonyl (C=O) groups excluding carboxylic acids is 1. The third-order valence-electron chi connectivity index (χ3n) is 6.19. The molecule has 9 nitrogen and oxygen atoms in total. The van der Waals surface area contributed by atoms with Crippen LogP contribution in [0.1, 0.15) is 68.2 Å². The summed E-state index contributed by atoms with van der Waals surface area (Å²) >= 11 is 0. The van der Waals surface area contributed by atoms with Crippen LogP contribution in [0.15, 0.2) is 29.3 Å². The summed E-state index contributed by atoms with van der Waals surface area (Å²) in [5.74, 6) is -0.529. The molecule has 0 amide bonds. The first-order valence-electron chi connectivity index (χ1n) is 12.3. The number of hydrogen-bond donors (Lipinski definition) is 3. The Morgan fingerprint density at radius 2 is 1.89 bits per heavy atom. The number of anilines is 2. The summed E-state index contributed by atoms with van der Waals surface area (Å²) in [6.07, 6.45) is 0.458. The van der Waals surface area contributed by atoms with E-state index < -0.39 is 23.5 Å². The highest BCUT2D eigenvalue weighted by Gasteiger charge is 2.30. The number of carboxylic acid groups (broad SMARTS) is 1. The zero-order valence-electron chi connectivity index (χ0n) is 21.8. The Kier molecular flexibility index (Phi) is 11.2. The van der Waals surface area contributed by atoms with Gasteiger partial charge in [-0.05, 0) is 56.0 Å². The molecule has 1 aromatic heterocycles. The first-order chi connectivity index (χ1) is 17.9. The highest BCUT2D eigenvalue weighted by atomic mass is 19.4. The van der Waals surface area contributed by atoms with Gasteiger partial charge in [-0.1, -0.05) is 32.4 Å². The normalized spacial score (nSPS) is 14.1. The summed E-state index contributed by atoms with van der Waals surface area (Å²) in [5.41, 5.74) is 6.12. The number of alkyl halides is 3. The van der Waals surface area contributed by atoms with Gasteiger partial charge in [0.1, 0.15) is 12.0 Å². The third kappa shape index (κ3) is 8.51. The number of carbonyl (C=O) groups is 2. The topological polar surface area (TPSA) is 134 Å². The van der Waals surface area contributed by atoms with Crippen molar-refractivity contribution in [2.75, 3.05) is 16.9 Å². The van der Waals surface area contributed by atoms with E-state index in [1.165, 1.54) is 12.1 Å². The Labute approximate surface area is 220 Å². The molecular formula is C26H35F3N6O3. The number of carboxylic acids is 1. The molecule has 1 aliphatic carbocycles. The van der Waals surface area contributed by atoms with E-state index in [0.29, 0.717) is 29.5 Å². The van der Waals surface area contributed by atoms with Gasteiger partial charge in [0.2, 0.25) is 5.82 Å². The van der Waals surface area contributed by atoms with Crippen LogP contribution in [-0.2, 0) is 17.5 Å². The Bertz CT molecular complexity index is 1090. The summed E-state index contributed by atoms with van der Waals surface area (Å²) in [7, 11) is 0. The number of nitrogens with zero attached hydrogens (tertiary/aromatic N) is 4. The Hall–Kier alpha value is -3.54. The van der Waals surface area contributed by atoms with Crippen molar-refractivity contribution in [2.24, 2.45) is 22.6 Å². The maximum absolute atomic E-state index is 12.9. The van der Waals surface area contributed by atoms with Crippen LogP contribution < -0.4 is 16.0 Å². The molecular weight excluding hydrogens is 501 g/mol. The molecule has 1 aromatic carbocycles. The smallest absolute Gasteiger partial charge is 0.416 e. The quantitative estimate of drug-likeness (QED) is 0.201. The molecule has 0 bridgehead atoms. The van der Waals surface area contributed by atoms with Crippen LogP contribution in [0.4, 0.5) is 30.5 Å². The number of hydrogen-bond acceptors (Lipinski definition) is 8. The minimum absolute atomic E-state index is 0.0161. The van der Waals surface area contributed by atoms with Crippen LogP contribution in [0.3, 0.4) is 0 Å². The summed E-state index contributed by atoms with van der Waals surface area (Å²) in [6.45, 7) is 9.62. The van der Waals surface area contributed by atoms with Gasteiger partial charge in [-0.15, -0.1) is 0 Å². The monoisotopic (exact) mass is 536 g/mol. The van der Waals surface area contributed by atoms with Gasteiger partial charge in [0, 0.05) is 19.0 Å². The van der Waals surface area contributed by atoms with E-state index in [1.54, 1.807) is 4.90 Å². The Morgan fingerprint density at radius 1 is 1.26 bits per heavy atom. The van der Waals surface area contributed by atoms with Gasteiger partial charge >= 0.3 is 12.1 Å². The fraction of sp³-hybridized carbons (Fsp3) is 0.500. The van der Waals surface area contributed by atoms with Gasteiger partial charge in [0.25, 0.3) is 0 Å². The summed E-state index contributed by atoms with van der Waals surface area (Å²) in [5, 5.41) is 12.7. The zero-order chi connectivity index (χ0) is 28.5. The van der Waals surface area contributed by atoms with Crippen molar-refractivity contribution in [3.8, 4) is 0 Å². The molecule has 3 rings (SSSR count). The number of aromatic carboxylic acids is 1. The highest BCUT2D eigenvalue weighted by Crippen LogP contribution is 2.37. The molecule has 1 atom stereocenters. The Morgan fingerprint density at radius 3 is 2.29 bits per heavy atom. The average molecular weight is 537 g/mol. The second kappa shape index (κ2) is 13.8. The van der Waals surface area contributed by atoms with Crippen molar-refractivity contribution < 1.29 is 27.9 Å². The van der Waals surface area contributed by atoms with Crippen LogP contribution in [0.2, 0.25) is 0 Å². The van der Waals surface area contributed by atoms with Crippen LogP contribution in [0.5, 0.6) is 0 Å².